The van der Waals surface area contributed by atoms with Gasteiger partial charge in [-0.25, -0.2) is 4.79 Å². The second-order valence-corrected chi connectivity index (χ2v) is 7.78. The van der Waals surface area contributed by atoms with Crippen molar-refractivity contribution >= 4 is 23.1 Å². The molecule has 3 rings (SSSR count). The summed E-state index contributed by atoms with van der Waals surface area (Å²) < 4.78 is 0. The summed E-state index contributed by atoms with van der Waals surface area (Å²) in [6.07, 6.45) is 6.60. The van der Waals surface area contributed by atoms with Gasteiger partial charge in [-0.3, -0.25) is 4.90 Å². The number of rotatable bonds is 6. The number of para-hydroxylation sites is 1. The molecule has 25 heavy (non-hydrogen) atoms. The molecule has 0 saturated heterocycles. The zero-order chi connectivity index (χ0) is 17.5. The zero-order valence-corrected chi connectivity index (χ0v) is 15.6. The number of carbonyl (C=O) groups excluding carboxylic acids is 1. The topological polar surface area (TPSA) is 44.4 Å². The van der Waals surface area contributed by atoms with E-state index in [4.69, 9.17) is 0 Å². The Kier molecular flexibility index (Phi) is 6.48. The number of nitrogens with one attached hydrogen (secondary N) is 2. The van der Waals surface area contributed by atoms with E-state index in [1.54, 1.807) is 11.3 Å². The van der Waals surface area contributed by atoms with Gasteiger partial charge in [-0.1, -0.05) is 43.5 Å². The Morgan fingerprint density at radius 1 is 1.16 bits per heavy atom. The summed E-state index contributed by atoms with van der Waals surface area (Å²) in [6, 6.07) is 12.6. The third-order valence-electron chi connectivity index (χ3n) is 4.89. The summed E-state index contributed by atoms with van der Waals surface area (Å²) >= 11 is 1.65. The molecule has 1 aromatic heterocycles. The third kappa shape index (κ3) is 5.31. The van der Waals surface area contributed by atoms with Crippen molar-refractivity contribution in [3.63, 3.8) is 0 Å². The number of benzene rings is 1. The molecule has 5 heteroatoms. The van der Waals surface area contributed by atoms with Gasteiger partial charge in [-0.2, -0.15) is 0 Å². The van der Waals surface area contributed by atoms with E-state index in [1.165, 1.54) is 37.7 Å². The monoisotopic (exact) mass is 357 g/mol. The molecule has 0 atom stereocenters. The minimum atomic E-state index is -0.152. The first-order valence-corrected chi connectivity index (χ1v) is 9.96. The van der Waals surface area contributed by atoms with E-state index in [0.717, 1.165) is 17.1 Å². The van der Waals surface area contributed by atoms with E-state index in [9.17, 15) is 4.79 Å². The number of carbonyl (C=O) groups is 1. The molecule has 2 N–H and O–H groups in total. The number of amides is 2. The van der Waals surface area contributed by atoms with E-state index in [-0.39, 0.29) is 6.03 Å². The zero-order valence-electron chi connectivity index (χ0n) is 14.8. The average Bonchev–Trinajstić information content (AvgIpc) is 3.16. The molecule has 2 aromatic rings. The molecule has 1 fully saturated rings. The fourth-order valence-electron chi connectivity index (χ4n) is 3.45. The van der Waals surface area contributed by atoms with Gasteiger partial charge in [0.1, 0.15) is 0 Å². The lowest BCUT2D eigenvalue weighted by Crippen LogP contribution is -2.33. The van der Waals surface area contributed by atoms with Crippen LogP contribution in [0.15, 0.2) is 41.8 Å². The van der Waals surface area contributed by atoms with Gasteiger partial charge in [0, 0.05) is 23.2 Å². The largest absolute Gasteiger partial charge is 0.333 e. The minimum absolute atomic E-state index is 0.152. The first-order valence-electron chi connectivity index (χ1n) is 9.08. The Balaban J connectivity index is 1.57. The lowest BCUT2D eigenvalue weighted by molar-refractivity contribution is 0.185. The lowest BCUT2D eigenvalue weighted by Gasteiger charge is -2.31. The van der Waals surface area contributed by atoms with Crippen LogP contribution in [0.1, 0.15) is 42.5 Å². The number of urea groups is 1. The lowest BCUT2D eigenvalue weighted by atomic mass is 9.94. The van der Waals surface area contributed by atoms with Gasteiger partial charge in [0.25, 0.3) is 0 Å². The van der Waals surface area contributed by atoms with E-state index < -0.39 is 0 Å². The molecule has 1 heterocycles. The maximum absolute atomic E-state index is 12.2. The van der Waals surface area contributed by atoms with Crippen molar-refractivity contribution in [3.05, 3.63) is 52.2 Å². The summed E-state index contributed by atoms with van der Waals surface area (Å²) in [6.45, 7) is 1.43. The maximum atomic E-state index is 12.2. The van der Waals surface area contributed by atoms with Crippen molar-refractivity contribution in [2.24, 2.45) is 0 Å². The van der Waals surface area contributed by atoms with Gasteiger partial charge < -0.3 is 10.6 Å². The summed E-state index contributed by atoms with van der Waals surface area (Å²) in [4.78, 5) is 15.8. The van der Waals surface area contributed by atoms with Gasteiger partial charge in [0.15, 0.2) is 0 Å². The van der Waals surface area contributed by atoms with Crippen LogP contribution in [-0.4, -0.2) is 24.0 Å². The summed E-state index contributed by atoms with van der Waals surface area (Å²) in [5.41, 5.74) is 2.07. The number of anilines is 1. The summed E-state index contributed by atoms with van der Waals surface area (Å²) in [7, 11) is 2.20. The highest BCUT2D eigenvalue weighted by Gasteiger charge is 2.19. The normalized spacial score (nSPS) is 15.3. The molecule has 0 radical (unpaired) electrons. The fourth-order valence-corrected chi connectivity index (χ4v) is 4.09. The SMILES string of the molecule is CN(Cc1ccccc1NC(=O)NCc1cccs1)C1CCCCC1. The molecule has 0 unspecified atom stereocenters. The first kappa shape index (κ1) is 18.0. The van der Waals surface area contributed by atoms with E-state index in [1.807, 2.05) is 35.7 Å². The second kappa shape index (κ2) is 9.02. The number of thiophene rings is 1. The molecule has 1 saturated carbocycles. The maximum Gasteiger partial charge on any atom is 0.319 e. The first-order chi connectivity index (χ1) is 12.2. The molecule has 1 aromatic carbocycles. The average molecular weight is 358 g/mol. The van der Waals surface area contributed by atoms with Gasteiger partial charge >= 0.3 is 6.03 Å². The van der Waals surface area contributed by atoms with Gasteiger partial charge in [0.2, 0.25) is 0 Å². The van der Waals surface area contributed by atoms with E-state index in [0.29, 0.717) is 12.6 Å². The molecular formula is C20H27N3OS. The Morgan fingerprint density at radius 2 is 1.96 bits per heavy atom. The number of nitrogens with zero attached hydrogens (tertiary/aromatic N) is 1. The van der Waals surface area contributed by atoms with Crippen molar-refractivity contribution < 1.29 is 4.79 Å². The Bertz CT molecular complexity index is 665. The molecule has 0 spiro atoms. The Hall–Kier alpha value is -1.85. The third-order valence-corrected chi connectivity index (χ3v) is 5.76. The van der Waals surface area contributed by atoms with Crippen molar-refractivity contribution in [2.75, 3.05) is 12.4 Å². The highest BCUT2D eigenvalue weighted by molar-refractivity contribution is 7.09. The van der Waals surface area contributed by atoms with Crippen LogP contribution in [0.3, 0.4) is 0 Å². The molecule has 134 valence electrons. The molecule has 1 aliphatic rings. The molecule has 1 aliphatic carbocycles. The predicted octanol–water partition coefficient (Wildman–Crippen LogP) is 4.83. The Labute approximate surface area is 154 Å². The van der Waals surface area contributed by atoms with Gasteiger partial charge in [-0.15, -0.1) is 11.3 Å². The fraction of sp³-hybridized carbons (Fsp3) is 0.450. The summed E-state index contributed by atoms with van der Waals surface area (Å²) in [5, 5.41) is 7.95. The van der Waals surface area contributed by atoms with Crippen molar-refractivity contribution in [2.45, 2.75) is 51.2 Å². The van der Waals surface area contributed by atoms with E-state index >= 15 is 0 Å². The number of hydrogen-bond acceptors (Lipinski definition) is 3. The molecule has 4 nitrogen and oxygen atoms in total. The second-order valence-electron chi connectivity index (χ2n) is 6.75. The van der Waals surface area contributed by atoms with Crippen LogP contribution >= 0.6 is 11.3 Å². The van der Waals surface area contributed by atoms with Gasteiger partial charge in [0.05, 0.1) is 6.54 Å². The van der Waals surface area contributed by atoms with Gasteiger partial charge in [-0.05, 0) is 43.0 Å². The van der Waals surface area contributed by atoms with Crippen LogP contribution in [0.2, 0.25) is 0 Å². The van der Waals surface area contributed by atoms with Crippen molar-refractivity contribution in [1.82, 2.24) is 10.2 Å². The van der Waals surface area contributed by atoms with Crippen molar-refractivity contribution in [3.8, 4) is 0 Å². The van der Waals surface area contributed by atoms with Crippen LogP contribution < -0.4 is 10.6 Å². The van der Waals surface area contributed by atoms with Crippen LogP contribution in [0.5, 0.6) is 0 Å². The van der Waals surface area contributed by atoms with Crippen LogP contribution in [-0.2, 0) is 13.1 Å². The van der Waals surface area contributed by atoms with E-state index in [2.05, 4.69) is 28.6 Å². The van der Waals surface area contributed by atoms with Crippen LogP contribution in [0.25, 0.3) is 0 Å². The smallest absolute Gasteiger partial charge is 0.319 e. The van der Waals surface area contributed by atoms with Crippen LogP contribution in [0, 0.1) is 0 Å². The summed E-state index contributed by atoms with van der Waals surface area (Å²) in [5.74, 6) is 0. The molecule has 0 bridgehead atoms. The molecular weight excluding hydrogens is 330 g/mol. The molecule has 2 amide bonds. The molecule has 0 aliphatic heterocycles. The quantitative estimate of drug-likeness (QED) is 0.777. The van der Waals surface area contributed by atoms with Crippen LogP contribution in [0.4, 0.5) is 10.5 Å². The highest BCUT2D eigenvalue weighted by Crippen LogP contribution is 2.24. The standard InChI is InChI=1S/C20H27N3OS/c1-23(17-9-3-2-4-10-17)15-16-8-5-6-12-19(16)22-20(24)21-14-18-11-7-13-25-18/h5-8,11-13,17H,2-4,9-10,14-15H2,1H3,(H2,21,22,24). The highest BCUT2D eigenvalue weighted by atomic mass is 32.1. The Morgan fingerprint density at radius 3 is 2.72 bits per heavy atom. The predicted molar refractivity (Wildman–Crippen MR) is 105 cm³/mol. The minimum Gasteiger partial charge on any atom is -0.333 e. The number of hydrogen-bond donors (Lipinski definition) is 2. The van der Waals surface area contributed by atoms with Crippen molar-refractivity contribution in [1.29, 1.82) is 0 Å².